The van der Waals surface area contributed by atoms with Gasteiger partial charge in [0.1, 0.15) is 5.56 Å². The molecule has 2 aromatic heterocycles. The average molecular weight is 353 g/mol. The van der Waals surface area contributed by atoms with E-state index >= 15 is 0 Å². The molecule has 0 fully saturated rings. The fourth-order valence-corrected chi connectivity index (χ4v) is 4.34. The molecule has 1 aliphatic rings. The Morgan fingerprint density at radius 1 is 1.32 bits per heavy atom. The topological polar surface area (TPSA) is 68.0 Å². The minimum atomic E-state index is -0.225. The smallest absolute Gasteiger partial charge is 0.263 e. The van der Waals surface area contributed by atoms with E-state index in [4.69, 9.17) is 4.52 Å². The van der Waals surface area contributed by atoms with E-state index < -0.39 is 0 Å². The number of carbonyl (C=O) groups excluding carboxylic acids is 1. The lowest BCUT2D eigenvalue weighted by atomic mass is 9.93. The zero-order valence-electron chi connectivity index (χ0n) is 14.2. The predicted octanol–water partition coefficient (Wildman–Crippen LogP) is 4.48. The molecule has 1 N–H and O–H groups in total. The number of nitrogens with one attached hydrogen (secondary N) is 1. The second kappa shape index (κ2) is 6.44. The van der Waals surface area contributed by atoms with Crippen molar-refractivity contribution in [2.75, 3.05) is 5.32 Å². The van der Waals surface area contributed by atoms with E-state index in [1.165, 1.54) is 4.88 Å². The van der Waals surface area contributed by atoms with Crippen LogP contribution in [0.3, 0.4) is 0 Å². The molecule has 0 saturated heterocycles. The Kier molecular flexibility index (Phi) is 4.13. The summed E-state index contributed by atoms with van der Waals surface area (Å²) in [6.07, 6.45) is 3.20. The van der Waals surface area contributed by atoms with Crippen LogP contribution in [-0.2, 0) is 12.8 Å². The second-order valence-corrected chi connectivity index (χ2v) is 7.61. The molecule has 5 nitrogen and oxygen atoms in total. The van der Waals surface area contributed by atoms with Crippen molar-refractivity contribution >= 4 is 22.4 Å². The molecular weight excluding hydrogens is 334 g/mol. The zero-order chi connectivity index (χ0) is 17.4. The van der Waals surface area contributed by atoms with Crippen LogP contribution in [0.4, 0.5) is 5.13 Å². The van der Waals surface area contributed by atoms with Crippen LogP contribution < -0.4 is 5.32 Å². The van der Waals surface area contributed by atoms with E-state index in [9.17, 15) is 4.79 Å². The maximum absolute atomic E-state index is 12.8. The standard InChI is InChI=1S/C19H19N3O2S/c1-11-8-9-14-15(10-11)25-19(20-14)21-18(23)16-12(2)22-24-17(16)13-6-4-3-5-7-13/h3-7,11H,8-10H2,1-2H3,(H,20,21,23)/t11-/m0/s1. The minimum absolute atomic E-state index is 0.225. The molecule has 128 valence electrons. The first-order valence-corrected chi connectivity index (χ1v) is 9.25. The molecule has 1 aromatic carbocycles. The molecule has 0 unspecified atom stereocenters. The molecule has 25 heavy (non-hydrogen) atoms. The van der Waals surface area contributed by atoms with E-state index in [2.05, 4.69) is 22.4 Å². The predicted molar refractivity (Wildman–Crippen MR) is 97.9 cm³/mol. The van der Waals surface area contributed by atoms with Gasteiger partial charge in [-0.2, -0.15) is 0 Å². The number of fused-ring (bicyclic) bond motifs is 1. The molecule has 0 spiro atoms. The lowest BCUT2D eigenvalue weighted by Gasteiger charge is -2.15. The van der Waals surface area contributed by atoms with E-state index in [0.29, 0.717) is 28.1 Å². The lowest BCUT2D eigenvalue weighted by Crippen LogP contribution is -2.13. The van der Waals surface area contributed by atoms with Crippen molar-refractivity contribution in [3.8, 4) is 11.3 Å². The third-order valence-electron chi connectivity index (χ3n) is 4.53. The highest BCUT2D eigenvalue weighted by Crippen LogP contribution is 2.33. The maximum Gasteiger partial charge on any atom is 0.263 e. The molecular formula is C19H19N3O2S. The number of anilines is 1. The fraction of sp³-hybridized carbons (Fsp3) is 0.316. The number of hydrogen-bond donors (Lipinski definition) is 1. The van der Waals surface area contributed by atoms with Crippen molar-refractivity contribution in [2.24, 2.45) is 5.92 Å². The Balaban J connectivity index is 1.61. The van der Waals surface area contributed by atoms with Gasteiger partial charge in [-0.15, -0.1) is 11.3 Å². The van der Waals surface area contributed by atoms with Gasteiger partial charge in [-0.3, -0.25) is 10.1 Å². The number of rotatable bonds is 3. The van der Waals surface area contributed by atoms with Gasteiger partial charge in [0.2, 0.25) is 0 Å². The van der Waals surface area contributed by atoms with Gasteiger partial charge < -0.3 is 4.52 Å². The van der Waals surface area contributed by atoms with Crippen LogP contribution in [0.25, 0.3) is 11.3 Å². The van der Waals surface area contributed by atoms with Gasteiger partial charge in [-0.25, -0.2) is 4.98 Å². The van der Waals surface area contributed by atoms with Crippen LogP contribution in [0.2, 0.25) is 0 Å². The van der Waals surface area contributed by atoms with Crippen molar-refractivity contribution in [1.82, 2.24) is 10.1 Å². The quantitative estimate of drug-likeness (QED) is 0.753. The molecule has 0 saturated carbocycles. The number of hydrogen-bond acceptors (Lipinski definition) is 5. The van der Waals surface area contributed by atoms with Crippen molar-refractivity contribution in [1.29, 1.82) is 0 Å². The molecule has 1 amide bonds. The summed E-state index contributed by atoms with van der Waals surface area (Å²) in [5.74, 6) is 0.948. The molecule has 0 bridgehead atoms. The fourth-order valence-electron chi connectivity index (χ4n) is 3.18. The highest BCUT2D eigenvalue weighted by molar-refractivity contribution is 7.15. The monoisotopic (exact) mass is 353 g/mol. The van der Waals surface area contributed by atoms with Crippen molar-refractivity contribution < 1.29 is 9.32 Å². The summed E-state index contributed by atoms with van der Waals surface area (Å²) in [7, 11) is 0. The van der Waals surface area contributed by atoms with Crippen LogP contribution >= 0.6 is 11.3 Å². The van der Waals surface area contributed by atoms with Gasteiger partial charge in [0.05, 0.1) is 11.4 Å². The first-order valence-electron chi connectivity index (χ1n) is 8.43. The Hall–Kier alpha value is -2.47. The number of aryl methyl sites for hydroxylation is 2. The van der Waals surface area contributed by atoms with Crippen molar-refractivity contribution in [2.45, 2.75) is 33.1 Å². The number of benzene rings is 1. The molecule has 0 aliphatic heterocycles. The van der Waals surface area contributed by atoms with E-state index in [1.807, 2.05) is 30.3 Å². The zero-order valence-corrected chi connectivity index (χ0v) is 15.0. The van der Waals surface area contributed by atoms with Crippen LogP contribution in [0, 0.1) is 12.8 Å². The molecule has 3 aromatic rings. The molecule has 4 rings (SSSR count). The summed E-state index contributed by atoms with van der Waals surface area (Å²) in [6, 6.07) is 9.55. The highest BCUT2D eigenvalue weighted by atomic mass is 32.1. The first kappa shape index (κ1) is 16.0. The second-order valence-electron chi connectivity index (χ2n) is 6.53. The summed E-state index contributed by atoms with van der Waals surface area (Å²) in [6.45, 7) is 4.03. The van der Waals surface area contributed by atoms with Gasteiger partial charge in [0.15, 0.2) is 10.9 Å². The normalized spacial score (nSPS) is 16.5. The summed E-state index contributed by atoms with van der Waals surface area (Å²) in [4.78, 5) is 18.7. The third kappa shape index (κ3) is 3.09. The van der Waals surface area contributed by atoms with E-state index in [-0.39, 0.29) is 5.91 Å². The molecule has 0 radical (unpaired) electrons. The van der Waals surface area contributed by atoms with Crippen LogP contribution in [0.5, 0.6) is 0 Å². The SMILES string of the molecule is Cc1noc(-c2ccccc2)c1C(=O)Nc1nc2c(s1)C[C@@H](C)CC2. The lowest BCUT2D eigenvalue weighted by molar-refractivity contribution is 0.102. The minimum Gasteiger partial charge on any atom is -0.355 e. The van der Waals surface area contributed by atoms with E-state index in [1.54, 1.807) is 18.3 Å². The Labute approximate surface area is 150 Å². The Bertz CT molecular complexity index is 914. The van der Waals surface area contributed by atoms with Gasteiger partial charge in [0.25, 0.3) is 5.91 Å². The number of aromatic nitrogens is 2. The Morgan fingerprint density at radius 2 is 2.12 bits per heavy atom. The Morgan fingerprint density at radius 3 is 2.92 bits per heavy atom. The van der Waals surface area contributed by atoms with Gasteiger partial charge >= 0.3 is 0 Å². The highest BCUT2D eigenvalue weighted by Gasteiger charge is 2.24. The summed E-state index contributed by atoms with van der Waals surface area (Å²) in [5, 5.41) is 7.57. The summed E-state index contributed by atoms with van der Waals surface area (Å²) >= 11 is 1.58. The van der Waals surface area contributed by atoms with Gasteiger partial charge in [-0.05, 0) is 32.1 Å². The number of thiazole rings is 1. The summed E-state index contributed by atoms with van der Waals surface area (Å²) < 4.78 is 5.41. The van der Waals surface area contributed by atoms with Crippen molar-refractivity contribution in [3.05, 3.63) is 52.2 Å². The van der Waals surface area contributed by atoms with Gasteiger partial charge in [-0.1, -0.05) is 42.4 Å². The molecule has 6 heteroatoms. The average Bonchev–Trinajstić information content (AvgIpc) is 3.18. The number of carbonyl (C=O) groups is 1. The van der Waals surface area contributed by atoms with Gasteiger partial charge in [0, 0.05) is 10.4 Å². The molecule has 1 aliphatic carbocycles. The molecule has 1 atom stereocenters. The summed E-state index contributed by atoms with van der Waals surface area (Å²) in [5.41, 5.74) is 3.00. The van der Waals surface area contributed by atoms with E-state index in [0.717, 1.165) is 30.5 Å². The number of amides is 1. The van der Waals surface area contributed by atoms with Crippen LogP contribution in [0.1, 0.15) is 40.0 Å². The first-order chi connectivity index (χ1) is 12.1. The van der Waals surface area contributed by atoms with Crippen LogP contribution in [0.15, 0.2) is 34.9 Å². The number of nitrogens with zero attached hydrogens (tertiary/aromatic N) is 2. The largest absolute Gasteiger partial charge is 0.355 e. The van der Waals surface area contributed by atoms with Crippen molar-refractivity contribution in [3.63, 3.8) is 0 Å². The maximum atomic E-state index is 12.8. The van der Waals surface area contributed by atoms with Crippen LogP contribution in [-0.4, -0.2) is 16.0 Å². The molecule has 2 heterocycles. The third-order valence-corrected chi connectivity index (χ3v) is 5.57.